The number of hydrogen-bond donors (Lipinski definition) is 3. The zero-order valence-corrected chi connectivity index (χ0v) is 14.9. The van der Waals surface area contributed by atoms with Crippen LogP contribution in [0.3, 0.4) is 0 Å². The number of imide groups is 1. The number of rotatable bonds is 9. The summed E-state index contributed by atoms with van der Waals surface area (Å²) in [6.07, 6.45) is 7.51. The topological polar surface area (TPSA) is 130 Å². The summed E-state index contributed by atoms with van der Waals surface area (Å²) in [5.74, 6) is -1.25. The summed E-state index contributed by atoms with van der Waals surface area (Å²) in [6.45, 7) is 0.955. The summed E-state index contributed by atoms with van der Waals surface area (Å²) in [6, 6.07) is -0.842. The lowest BCUT2D eigenvalue weighted by Gasteiger charge is -2.30. The third-order valence-corrected chi connectivity index (χ3v) is 5.12. The maximum Gasteiger partial charge on any atom is 0.320 e. The van der Waals surface area contributed by atoms with Gasteiger partial charge in [0.1, 0.15) is 6.04 Å². The Morgan fingerprint density at radius 2 is 1.77 bits per heavy atom. The summed E-state index contributed by atoms with van der Waals surface area (Å²) in [7, 11) is 0. The van der Waals surface area contributed by atoms with Gasteiger partial charge in [-0.15, -0.1) is 0 Å². The number of aliphatic carboxylic acids is 1. The van der Waals surface area contributed by atoms with E-state index in [4.69, 9.17) is 10.8 Å². The van der Waals surface area contributed by atoms with Gasteiger partial charge in [-0.25, -0.2) is 0 Å². The molecule has 1 saturated carbocycles. The standard InChI is InChI=1S/C18H27N3O5/c19-14(18(25)26)3-1-2-10-20-17(24)13-6-4-12(5-7-13)11-21-15(22)8-9-16(21)23/h8-9,12-14H,1-7,10-11,19H2,(H,20,24)(H,25,26)/t12?,13?,14-/m1/s1. The zero-order chi connectivity index (χ0) is 19.1. The molecular formula is C18H27N3O5. The normalized spacial score (nSPS) is 24.0. The Hall–Kier alpha value is -2.22. The van der Waals surface area contributed by atoms with E-state index < -0.39 is 12.0 Å². The van der Waals surface area contributed by atoms with Crippen molar-refractivity contribution in [1.29, 1.82) is 0 Å². The smallest absolute Gasteiger partial charge is 0.320 e. The van der Waals surface area contributed by atoms with Crippen LogP contribution in [0.4, 0.5) is 0 Å². The lowest BCUT2D eigenvalue weighted by atomic mass is 9.81. The van der Waals surface area contributed by atoms with Crippen molar-refractivity contribution >= 4 is 23.7 Å². The summed E-state index contributed by atoms with van der Waals surface area (Å²) in [4.78, 5) is 47.3. The van der Waals surface area contributed by atoms with Crippen molar-refractivity contribution in [2.45, 2.75) is 51.0 Å². The van der Waals surface area contributed by atoms with Crippen LogP contribution < -0.4 is 11.1 Å². The first-order valence-corrected chi connectivity index (χ1v) is 9.18. The molecule has 8 heteroatoms. The largest absolute Gasteiger partial charge is 0.480 e. The molecule has 1 fully saturated rings. The number of nitrogens with two attached hydrogens (primary N) is 1. The highest BCUT2D eigenvalue weighted by Crippen LogP contribution is 2.30. The van der Waals surface area contributed by atoms with Crippen molar-refractivity contribution < 1.29 is 24.3 Å². The monoisotopic (exact) mass is 365 g/mol. The molecular weight excluding hydrogens is 338 g/mol. The highest BCUT2D eigenvalue weighted by atomic mass is 16.4. The summed E-state index contributed by atoms with van der Waals surface area (Å²) in [5, 5.41) is 11.6. The third kappa shape index (κ3) is 5.66. The SMILES string of the molecule is N[C@H](CCCCNC(=O)C1CCC(CN2C(=O)C=CC2=O)CC1)C(=O)O. The molecule has 0 spiro atoms. The molecule has 3 amide bonds. The van der Waals surface area contributed by atoms with Gasteiger partial charge >= 0.3 is 5.97 Å². The van der Waals surface area contributed by atoms with Crippen LogP contribution in [-0.2, 0) is 19.2 Å². The van der Waals surface area contributed by atoms with E-state index in [1.54, 1.807) is 0 Å². The molecule has 1 heterocycles. The second-order valence-corrected chi connectivity index (χ2v) is 7.07. The molecule has 4 N–H and O–H groups in total. The molecule has 1 aliphatic carbocycles. The first-order valence-electron chi connectivity index (χ1n) is 9.18. The van der Waals surface area contributed by atoms with Crippen molar-refractivity contribution in [3.63, 3.8) is 0 Å². The van der Waals surface area contributed by atoms with Crippen LogP contribution in [0.25, 0.3) is 0 Å². The molecule has 1 aliphatic heterocycles. The van der Waals surface area contributed by atoms with Gasteiger partial charge in [-0.3, -0.25) is 24.1 Å². The molecule has 2 rings (SSSR count). The van der Waals surface area contributed by atoms with Gasteiger partial charge in [-0.2, -0.15) is 0 Å². The Bertz CT molecular complexity index is 563. The van der Waals surface area contributed by atoms with Crippen LogP contribution in [0.5, 0.6) is 0 Å². The third-order valence-electron chi connectivity index (χ3n) is 5.12. The minimum Gasteiger partial charge on any atom is -0.480 e. The number of carbonyl (C=O) groups excluding carboxylic acids is 3. The van der Waals surface area contributed by atoms with Crippen LogP contribution in [0, 0.1) is 11.8 Å². The second kappa shape index (κ2) is 9.47. The summed E-state index contributed by atoms with van der Waals surface area (Å²) < 4.78 is 0. The second-order valence-electron chi connectivity index (χ2n) is 7.07. The molecule has 144 valence electrons. The first-order chi connectivity index (χ1) is 12.4. The fraction of sp³-hybridized carbons (Fsp3) is 0.667. The number of unbranched alkanes of at least 4 members (excludes halogenated alkanes) is 1. The van der Waals surface area contributed by atoms with E-state index in [0.29, 0.717) is 32.4 Å². The van der Waals surface area contributed by atoms with E-state index >= 15 is 0 Å². The van der Waals surface area contributed by atoms with Gasteiger partial charge in [0.15, 0.2) is 0 Å². The van der Waals surface area contributed by atoms with Crippen LogP contribution in [-0.4, -0.2) is 52.8 Å². The average Bonchev–Trinajstić information content (AvgIpc) is 2.93. The Kier molecular flexibility index (Phi) is 7.32. The molecule has 0 aromatic rings. The Morgan fingerprint density at radius 3 is 2.35 bits per heavy atom. The quantitative estimate of drug-likeness (QED) is 0.401. The maximum atomic E-state index is 12.2. The molecule has 0 radical (unpaired) electrons. The van der Waals surface area contributed by atoms with Gasteiger partial charge in [-0.1, -0.05) is 0 Å². The predicted molar refractivity (Wildman–Crippen MR) is 93.8 cm³/mol. The van der Waals surface area contributed by atoms with Crippen molar-refractivity contribution in [3.05, 3.63) is 12.2 Å². The van der Waals surface area contributed by atoms with Gasteiger partial charge in [0.25, 0.3) is 11.8 Å². The number of nitrogens with zero attached hydrogens (tertiary/aromatic N) is 1. The summed E-state index contributed by atoms with van der Waals surface area (Å²) >= 11 is 0. The van der Waals surface area contributed by atoms with Crippen LogP contribution in [0.15, 0.2) is 12.2 Å². The van der Waals surface area contributed by atoms with E-state index in [1.165, 1.54) is 17.1 Å². The fourth-order valence-corrected chi connectivity index (χ4v) is 3.45. The van der Waals surface area contributed by atoms with Gasteiger partial charge in [0.05, 0.1) is 0 Å². The number of hydrogen-bond acceptors (Lipinski definition) is 5. The molecule has 0 saturated heterocycles. The molecule has 1 atom stereocenters. The van der Waals surface area contributed by atoms with Gasteiger partial charge < -0.3 is 16.2 Å². The molecule has 0 aromatic heterocycles. The molecule has 8 nitrogen and oxygen atoms in total. The van der Waals surface area contributed by atoms with Crippen LogP contribution in [0.2, 0.25) is 0 Å². The van der Waals surface area contributed by atoms with Crippen molar-refractivity contribution in [2.24, 2.45) is 17.6 Å². The van der Waals surface area contributed by atoms with Gasteiger partial charge in [-0.05, 0) is 50.9 Å². The Balaban J connectivity index is 1.60. The number of nitrogens with one attached hydrogen (secondary N) is 1. The predicted octanol–water partition coefficient (Wildman–Crippen LogP) is 0.416. The maximum absolute atomic E-state index is 12.2. The highest BCUT2D eigenvalue weighted by Gasteiger charge is 2.31. The minimum absolute atomic E-state index is 0.0287. The van der Waals surface area contributed by atoms with Crippen LogP contribution >= 0.6 is 0 Å². The number of carboxylic acid groups (broad SMARTS) is 1. The number of carboxylic acids is 1. The molecule has 2 aliphatic rings. The minimum atomic E-state index is -1.00. The molecule has 0 aromatic carbocycles. The van der Waals surface area contributed by atoms with E-state index in [1.807, 2.05) is 0 Å². The van der Waals surface area contributed by atoms with Gasteiger partial charge in [0, 0.05) is 31.2 Å². The number of carbonyl (C=O) groups is 4. The average molecular weight is 365 g/mol. The Morgan fingerprint density at radius 1 is 1.15 bits per heavy atom. The van der Waals surface area contributed by atoms with Crippen molar-refractivity contribution in [2.75, 3.05) is 13.1 Å². The van der Waals surface area contributed by atoms with Crippen LogP contribution in [0.1, 0.15) is 44.9 Å². The molecule has 26 heavy (non-hydrogen) atoms. The van der Waals surface area contributed by atoms with Crippen molar-refractivity contribution in [3.8, 4) is 0 Å². The fourth-order valence-electron chi connectivity index (χ4n) is 3.45. The van der Waals surface area contributed by atoms with E-state index in [9.17, 15) is 19.2 Å². The van der Waals surface area contributed by atoms with E-state index in [0.717, 1.165) is 25.7 Å². The van der Waals surface area contributed by atoms with Gasteiger partial charge in [0.2, 0.25) is 5.91 Å². The first kappa shape index (κ1) is 20.1. The van der Waals surface area contributed by atoms with E-state index in [-0.39, 0.29) is 29.6 Å². The zero-order valence-electron chi connectivity index (χ0n) is 14.9. The van der Waals surface area contributed by atoms with E-state index in [2.05, 4.69) is 5.32 Å². The number of amides is 3. The Labute approximate surface area is 152 Å². The lowest BCUT2D eigenvalue weighted by Crippen LogP contribution is -2.38. The highest BCUT2D eigenvalue weighted by molar-refractivity contribution is 6.12. The molecule has 0 bridgehead atoms. The van der Waals surface area contributed by atoms with Crippen molar-refractivity contribution in [1.82, 2.24) is 10.2 Å². The lowest BCUT2D eigenvalue weighted by molar-refractivity contribution is -0.139. The summed E-state index contributed by atoms with van der Waals surface area (Å²) in [5.41, 5.74) is 5.43. The molecule has 0 unspecified atom stereocenters.